The van der Waals surface area contributed by atoms with Crippen LogP contribution in [0.2, 0.25) is 5.15 Å². The van der Waals surface area contributed by atoms with Crippen molar-refractivity contribution in [1.29, 1.82) is 0 Å². The third-order valence-corrected chi connectivity index (χ3v) is 3.44. The summed E-state index contributed by atoms with van der Waals surface area (Å²) in [6.07, 6.45) is 1.36. The Kier molecular flexibility index (Phi) is 6.98. The van der Waals surface area contributed by atoms with Gasteiger partial charge in [0.1, 0.15) is 5.15 Å². The molecule has 6 nitrogen and oxygen atoms in total. The van der Waals surface area contributed by atoms with E-state index >= 15 is 0 Å². The van der Waals surface area contributed by atoms with Gasteiger partial charge in [-0.1, -0.05) is 24.9 Å². The lowest BCUT2D eigenvalue weighted by atomic mass is 10.2. The first-order valence-electron chi connectivity index (χ1n) is 6.70. The van der Waals surface area contributed by atoms with Crippen LogP contribution in [0.25, 0.3) is 0 Å². The Bertz CT molecular complexity index is 539. The molecule has 114 valence electrons. The normalized spacial score (nSPS) is 11.2. The van der Waals surface area contributed by atoms with Crippen LogP contribution in [0.15, 0.2) is 9.59 Å². The number of nitrogens with one attached hydrogen (secondary N) is 1. The number of methoxy groups -OCH3 is 1. The van der Waals surface area contributed by atoms with E-state index in [1.165, 1.54) is 4.57 Å². The SMILES string of the molecule is CCCc1c(Cl)[nH]c(=O)n(CCN(C)CCOC)c1=O. The maximum absolute atomic E-state index is 12.2. The molecule has 0 spiro atoms. The smallest absolute Gasteiger partial charge is 0.329 e. The van der Waals surface area contributed by atoms with E-state index < -0.39 is 5.69 Å². The number of hydrogen-bond acceptors (Lipinski definition) is 4. The number of hydrogen-bond donors (Lipinski definition) is 1. The van der Waals surface area contributed by atoms with Gasteiger partial charge in [0.2, 0.25) is 0 Å². The molecular weight excluding hydrogens is 282 g/mol. The number of aromatic nitrogens is 2. The molecule has 0 aliphatic carbocycles. The predicted octanol–water partition coefficient (Wildman–Crippen LogP) is 0.721. The number of aromatic amines is 1. The summed E-state index contributed by atoms with van der Waals surface area (Å²) in [5, 5.41) is 0.158. The van der Waals surface area contributed by atoms with E-state index in [9.17, 15) is 9.59 Å². The summed E-state index contributed by atoms with van der Waals surface area (Å²) in [7, 11) is 3.56. The molecule has 0 atom stereocenters. The second-order valence-corrected chi connectivity index (χ2v) is 5.10. The minimum atomic E-state index is -0.458. The van der Waals surface area contributed by atoms with Gasteiger partial charge in [-0.25, -0.2) is 4.79 Å². The van der Waals surface area contributed by atoms with Crippen molar-refractivity contribution in [1.82, 2.24) is 14.5 Å². The summed E-state index contributed by atoms with van der Waals surface area (Å²) < 4.78 is 6.19. The number of rotatable bonds is 8. The highest BCUT2D eigenvalue weighted by atomic mass is 35.5. The first-order chi connectivity index (χ1) is 9.51. The van der Waals surface area contributed by atoms with Gasteiger partial charge in [0.05, 0.1) is 12.2 Å². The Morgan fingerprint density at radius 2 is 2.05 bits per heavy atom. The van der Waals surface area contributed by atoms with Gasteiger partial charge in [-0.05, 0) is 13.5 Å². The number of H-pyrrole nitrogens is 1. The van der Waals surface area contributed by atoms with Gasteiger partial charge in [-0.2, -0.15) is 0 Å². The first kappa shape index (κ1) is 16.9. The van der Waals surface area contributed by atoms with Gasteiger partial charge in [0, 0.05) is 26.7 Å². The Morgan fingerprint density at radius 3 is 2.65 bits per heavy atom. The monoisotopic (exact) mass is 303 g/mol. The third-order valence-electron chi connectivity index (χ3n) is 3.11. The highest BCUT2D eigenvalue weighted by Crippen LogP contribution is 2.07. The van der Waals surface area contributed by atoms with E-state index in [4.69, 9.17) is 16.3 Å². The second kappa shape index (κ2) is 8.24. The molecular formula is C13H22ClN3O3. The van der Waals surface area contributed by atoms with Crippen LogP contribution >= 0.6 is 11.6 Å². The highest BCUT2D eigenvalue weighted by Gasteiger charge is 2.12. The van der Waals surface area contributed by atoms with Gasteiger partial charge in [-0.3, -0.25) is 14.3 Å². The molecule has 1 rings (SSSR count). The Hall–Kier alpha value is -1.11. The molecule has 1 N–H and O–H groups in total. The zero-order chi connectivity index (χ0) is 15.1. The van der Waals surface area contributed by atoms with E-state index in [1.54, 1.807) is 7.11 Å². The highest BCUT2D eigenvalue weighted by molar-refractivity contribution is 6.30. The molecule has 0 aliphatic rings. The van der Waals surface area contributed by atoms with E-state index in [0.29, 0.717) is 31.7 Å². The number of nitrogens with zero attached hydrogens (tertiary/aromatic N) is 2. The average molecular weight is 304 g/mol. The van der Waals surface area contributed by atoms with Crippen LogP contribution < -0.4 is 11.2 Å². The molecule has 1 heterocycles. The van der Waals surface area contributed by atoms with Crippen molar-refractivity contribution in [3.05, 3.63) is 31.6 Å². The van der Waals surface area contributed by atoms with Crippen molar-refractivity contribution in [2.24, 2.45) is 0 Å². The molecule has 0 fully saturated rings. The molecule has 20 heavy (non-hydrogen) atoms. The number of ether oxygens (including phenoxy) is 1. The third kappa shape index (κ3) is 4.47. The second-order valence-electron chi connectivity index (χ2n) is 4.73. The van der Waals surface area contributed by atoms with Gasteiger partial charge in [-0.15, -0.1) is 0 Å². The maximum atomic E-state index is 12.2. The summed E-state index contributed by atoms with van der Waals surface area (Å²) in [6.45, 7) is 4.26. The molecule has 0 aliphatic heterocycles. The van der Waals surface area contributed by atoms with Gasteiger partial charge in [0.15, 0.2) is 0 Å². The van der Waals surface area contributed by atoms with Gasteiger partial charge >= 0.3 is 5.69 Å². The molecule has 0 aromatic carbocycles. The van der Waals surface area contributed by atoms with Crippen molar-refractivity contribution in [2.75, 3.05) is 33.9 Å². The Balaban J connectivity index is 2.87. The maximum Gasteiger partial charge on any atom is 0.329 e. The molecule has 1 aromatic heterocycles. The predicted molar refractivity (Wildman–Crippen MR) is 79.7 cm³/mol. The lowest BCUT2D eigenvalue weighted by Crippen LogP contribution is -2.40. The standard InChI is InChI=1S/C13H22ClN3O3/c1-4-5-10-11(14)15-13(19)17(12(10)18)7-6-16(2)8-9-20-3/h4-9H2,1-3H3,(H,15,19). The van der Waals surface area contributed by atoms with Crippen molar-refractivity contribution < 1.29 is 4.74 Å². The van der Waals surface area contributed by atoms with E-state index in [-0.39, 0.29) is 10.7 Å². The molecule has 0 unspecified atom stereocenters. The van der Waals surface area contributed by atoms with Crippen LogP contribution in [-0.4, -0.2) is 48.3 Å². The average Bonchev–Trinajstić information content (AvgIpc) is 2.40. The van der Waals surface area contributed by atoms with Crippen molar-refractivity contribution in [2.45, 2.75) is 26.3 Å². The lowest BCUT2D eigenvalue weighted by molar-refractivity contribution is 0.159. The summed E-state index contributed by atoms with van der Waals surface area (Å²) in [6, 6.07) is 0. The summed E-state index contributed by atoms with van der Waals surface area (Å²) in [5.41, 5.74) is -0.269. The lowest BCUT2D eigenvalue weighted by Gasteiger charge is -2.16. The van der Waals surface area contributed by atoms with Crippen molar-refractivity contribution in [3.63, 3.8) is 0 Å². The van der Waals surface area contributed by atoms with Crippen LogP contribution in [0.3, 0.4) is 0 Å². The van der Waals surface area contributed by atoms with Crippen LogP contribution in [0, 0.1) is 0 Å². The van der Waals surface area contributed by atoms with Crippen molar-refractivity contribution in [3.8, 4) is 0 Å². The minimum Gasteiger partial charge on any atom is -0.383 e. The largest absolute Gasteiger partial charge is 0.383 e. The number of halogens is 1. The van der Waals surface area contributed by atoms with Gasteiger partial charge < -0.3 is 9.64 Å². The molecule has 0 saturated heterocycles. The first-order valence-corrected chi connectivity index (χ1v) is 7.08. The molecule has 0 amide bonds. The molecule has 1 aromatic rings. The summed E-state index contributed by atoms with van der Waals surface area (Å²) >= 11 is 5.92. The fourth-order valence-electron chi connectivity index (χ4n) is 1.89. The molecule has 0 radical (unpaired) electrons. The minimum absolute atomic E-state index is 0.158. The summed E-state index contributed by atoms with van der Waals surface area (Å²) in [5.74, 6) is 0. The van der Waals surface area contributed by atoms with Crippen molar-refractivity contribution >= 4 is 11.6 Å². The molecule has 0 saturated carbocycles. The fourth-order valence-corrected chi connectivity index (χ4v) is 2.14. The van der Waals surface area contributed by atoms with Crippen LogP contribution in [-0.2, 0) is 17.7 Å². The van der Waals surface area contributed by atoms with Crippen LogP contribution in [0.4, 0.5) is 0 Å². The van der Waals surface area contributed by atoms with Crippen LogP contribution in [0.5, 0.6) is 0 Å². The van der Waals surface area contributed by atoms with E-state index in [0.717, 1.165) is 13.0 Å². The van der Waals surface area contributed by atoms with Crippen LogP contribution in [0.1, 0.15) is 18.9 Å². The molecule has 0 bridgehead atoms. The van der Waals surface area contributed by atoms with Gasteiger partial charge in [0.25, 0.3) is 5.56 Å². The van der Waals surface area contributed by atoms with E-state index in [2.05, 4.69) is 4.98 Å². The zero-order valence-corrected chi connectivity index (χ0v) is 13.0. The Morgan fingerprint density at radius 1 is 1.35 bits per heavy atom. The summed E-state index contributed by atoms with van der Waals surface area (Å²) in [4.78, 5) is 28.6. The molecule has 7 heteroatoms. The number of likely N-dealkylation sites (N-methyl/N-ethyl adjacent to an activating group) is 1. The van der Waals surface area contributed by atoms with E-state index in [1.807, 2.05) is 18.9 Å². The quantitative estimate of drug-likeness (QED) is 0.719. The fraction of sp³-hybridized carbons (Fsp3) is 0.692. The Labute approximate surface area is 123 Å². The zero-order valence-electron chi connectivity index (χ0n) is 12.2. The topological polar surface area (TPSA) is 67.3 Å².